The zero-order valence-corrected chi connectivity index (χ0v) is 11.5. The van der Waals surface area contributed by atoms with Gasteiger partial charge in [-0.05, 0) is 31.5 Å². The predicted molar refractivity (Wildman–Crippen MR) is 73.9 cm³/mol. The van der Waals surface area contributed by atoms with Crippen LogP contribution in [0.4, 0.5) is 11.4 Å². The normalized spacial score (nSPS) is 10.7. The van der Waals surface area contributed by atoms with Gasteiger partial charge in [0, 0.05) is 18.8 Å². The van der Waals surface area contributed by atoms with Gasteiger partial charge in [-0.1, -0.05) is 16.8 Å². The number of benzene rings is 1. The Balaban J connectivity index is 2.23. The van der Waals surface area contributed by atoms with Crippen molar-refractivity contribution in [3.8, 4) is 0 Å². The Morgan fingerprint density at radius 2 is 2.06 bits per heavy atom. The van der Waals surface area contributed by atoms with Crippen LogP contribution in [-0.4, -0.2) is 12.2 Å². The standard InChI is InChI=1S/C13H16ClN3O/c1-8-4-12(15)11(14)6-13(8)17(3)7-10-5-9(2)18-16-10/h4-6H,7,15H2,1-3H3. The van der Waals surface area contributed by atoms with Gasteiger partial charge in [-0.2, -0.15) is 0 Å². The van der Waals surface area contributed by atoms with E-state index in [1.165, 1.54) is 0 Å². The number of halogens is 1. The third-order valence-corrected chi connectivity index (χ3v) is 3.13. The van der Waals surface area contributed by atoms with Gasteiger partial charge in [0.05, 0.1) is 17.3 Å². The third kappa shape index (κ3) is 2.59. The smallest absolute Gasteiger partial charge is 0.133 e. The molecule has 0 bridgehead atoms. The van der Waals surface area contributed by atoms with Crippen LogP contribution in [0.3, 0.4) is 0 Å². The maximum Gasteiger partial charge on any atom is 0.133 e. The topological polar surface area (TPSA) is 55.3 Å². The van der Waals surface area contributed by atoms with Crippen molar-refractivity contribution in [2.24, 2.45) is 0 Å². The number of anilines is 2. The van der Waals surface area contributed by atoms with Crippen LogP contribution in [0.5, 0.6) is 0 Å². The Bertz CT molecular complexity index is 565. The summed E-state index contributed by atoms with van der Waals surface area (Å²) in [4.78, 5) is 2.07. The van der Waals surface area contributed by atoms with Crippen LogP contribution in [0.25, 0.3) is 0 Å². The van der Waals surface area contributed by atoms with Gasteiger partial charge in [-0.15, -0.1) is 0 Å². The van der Waals surface area contributed by atoms with E-state index >= 15 is 0 Å². The lowest BCUT2D eigenvalue weighted by atomic mass is 10.1. The van der Waals surface area contributed by atoms with Crippen molar-refractivity contribution in [1.82, 2.24) is 5.16 Å². The average Bonchev–Trinajstić information content (AvgIpc) is 2.69. The largest absolute Gasteiger partial charge is 0.398 e. The van der Waals surface area contributed by atoms with Crippen LogP contribution in [0.15, 0.2) is 22.7 Å². The highest BCUT2D eigenvalue weighted by atomic mass is 35.5. The number of nitrogen functional groups attached to an aromatic ring is 1. The Morgan fingerprint density at radius 3 is 2.67 bits per heavy atom. The van der Waals surface area contributed by atoms with E-state index in [-0.39, 0.29) is 0 Å². The maximum absolute atomic E-state index is 6.05. The van der Waals surface area contributed by atoms with Crippen LogP contribution in [0.2, 0.25) is 5.02 Å². The lowest BCUT2D eigenvalue weighted by Gasteiger charge is -2.21. The summed E-state index contributed by atoms with van der Waals surface area (Å²) >= 11 is 6.05. The van der Waals surface area contributed by atoms with Crippen LogP contribution < -0.4 is 10.6 Å². The fourth-order valence-corrected chi connectivity index (χ4v) is 2.08. The third-order valence-electron chi connectivity index (χ3n) is 2.80. The molecule has 0 unspecified atom stereocenters. The molecule has 5 heteroatoms. The number of aryl methyl sites for hydroxylation is 2. The molecule has 18 heavy (non-hydrogen) atoms. The molecular formula is C13H16ClN3O. The summed E-state index contributed by atoms with van der Waals surface area (Å²) in [6.45, 7) is 4.55. The fraction of sp³-hybridized carbons (Fsp3) is 0.308. The molecule has 0 atom stereocenters. The van der Waals surface area contributed by atoms with Crippen LogP contribution in [-0.2, 0) is 6.54 Å². The van der Waals surface area contributed by atoms with Gasteiger partial charge in [-0.25, -0.2) is 0 Å². The monoisotopic (exact) mass is 265 g/mol. The van der Waals surface area contributed by atoms with Crippen LogP contribution in [0, 0.1) is 13.8 Å². The average molecular weight is 266 g/mol. The van der Waals surface area contributed by atoms with Gasteiger partial charge in [0.1, 0.15) is 11.5 Å². The van der Waals surface area contributed by atoms with Gasteiger partial charge < -0.3 is 15.2 Å². The van der Waals surface area contributed by atoms with Crippen molar-refractivity contribution >= 4 is 23.0 Å². The Hall–Kier alpha value is -1.68. The minimum atomic E-state index is 0.568. The van der Waals surface area contributed by atoms with E-state index in [1.807, 2.05) is 39.1 Å². The number of hydrogen-bond acceptors (Lipinski definition) is 4. The summed E-state index contributed by atoms with van der Waals surface area (Å²) in [5, 5.41) is 4.54. The zero-order chi connectivity index (χ0) is 13.3. The van der Waals surface area contributed by atoms with Crippen molar-refractivity contribution in [2.75, 3.05) is 17.7 Å². The summed E-state index contributed by atoms with van der Waals surface area (Å²) in [6, 6.07) is 5.67. The van der Waals surface area contributed by atoms with E-state index in [1.54, 1.807) is 0 Å². The summed E-state index contributed by atoms with van der Waals surface area (Å²) in [6.07, 6.45) is 0. The number of nitrogens with two attached hydrogens (primary N) is 1. The Kier molecular flexibility index (Phi) is 3.48. The number of aromatic nitrogens is 1. The molecule has 0 radical (unpaired) electrons. The molecule has 0 saturated carbocycles. The second-order valence-electron chi connectivity index (χ2n) is 4.45. The molecule has 0 aliphatic rings. The van der Waals surface area contributed by atoms with Gasteiger partial charge in [0.15, 0.2) is 0 Å². The highest BCUT2D eigenvalue weighted by Gasteiger charge is 2.10. The SMILES string of the molecule is Cc1cc(CN(C)c2cc(Cl)c(N)cc2C)no1. The predicted octanol–water partition coefficient (Wildman–Crippen LogP) is 3.16. The summed E-state index contributed by atoms with van der Waals surface area (Å²) < 4.78 is 5.05. The second kappa shape index (κ2) is 4.90. The first kappa shape index (κ1) is 12.8. The second-order valence-corrected chi connectivity index (χ2v) is 4.85. The summed E-state index contributed by atoms with van der Waals surface area (Å²) in [5.41, 5.74) is 9.38. The van der Waals surface area contributed by atoms with E-state index in [9.17, 15) is 0 Å². The van der Waals surface area contributed by atoms with Gasteiger partial charge in [0.25, 0.3) is 0 Å². The van der Waals surface area contributed by atoms with E-state index < -0.39 is 0 Å². The zero-order valence-electron chi connectivity index (χ0n) is 10.7. The first-order valence-corrected chi connectivity index (χ1v) is 6.04. The molecular weight excluding hydrogens is 250 g/mol. The highest BCUT2D eigenvalue weighted by molar-refractivity contribution is 6.33. The molecule has 0 aliphatic heterocycles. The van der Waals surface area contributed by atoms with Crippen molar-refractivity contribution in [3.63, 3.8) is 0 Å². The molecule has 2 aromatic rings. The van der Waals surface area contributed by atoms with Gasteiger partial charge in [-0.3, -0.25) is 0 Å². The Morgan fingerprint density at radius 1 is 1.33 bits per heavy atom. The first-order chi connectivity index (χ1) is 8.47. The number of hydrogen-bond donors (Lipinski definition) is 1. The fourth-order valence-electron chi connectivity index (χ4n) is 1.93. The van der Waals surface area contributed by atoms with E-state index in [4.69, 9.17) is 21.9 Å². The quantitative estimate of drug-likeness (QED) is 0.866. The maximum atomic E-state index is 6.05. The molecule has 2 N–H and O–H groups in total. The van der Waals surface area contributed by atoms with Gasteiger partial charge >= 0.3 is 0 Å². The lowest BCUT2D eigenvalue weighted by molar-refractivity contribution is 0.390. The summed E-state index contributed by atoms with van der Waals surface area (Å²) in [7, 11) is 1.98. The molecule has 0 fully saturated rings. The van der Waals surface area contributed by atoms with Crippen molar-refractivity contribution in [2.45, 2.75) is 20.4 Å². The Labute approximate surface area is 111 Å². The minimum absolute atomic E-state index is 0.568. The van der Waals surface area contributed by atoms with Crippen molar-refractivity contribution < 1.29 is 4.52 Å². The van der Waals surface area contributed by atoms with Crippen LogP contribution >= 0.6 is 11.6 Å². The van der Waals surface area contributed by atoms with Crippen LogP contribution in [0.1, 0.15) is 17.0 Å². The van der Waals surface area contributed by atoms with E-state index in [0.29, 0.717) is 17.3 Å². The molecule has 1 aromatic heterocycles. The van der Waals surface area contributed by atoms with E-state index in [2.05, 4.69) is 10.1 Å². The number of nitrogens with zero attached hydrogens (tertiary/aromatic N) is 2. The minimum Gasteiger partial charge on any atom is -0.398 e. The lowest BCUT2D eigenvalue weighted by Crippen LogP contribution is -2.17. The van der Waals surface area contributed by atoms with Crippen molar-refractivity contribution in [1.29, 1.82) is 0 Å². The van der Waals surface area contributed by atoms with Gasteiger partial charge in [0.2, 0.25) is 0 Å². The first-order valence-electron chi connectivity index (χ1n) is 5.66. The number of rotatable bonds is 3. The molecule has 0 saturated heterocycles. The molecule has 96 valence electrons. The van der Waals surface area contributed by atoms with E-state index in [0.717, 1.165) is 22.7 Å². The van der Waals surface area contributed by atoms with Crippen molar-refractivity contribution in [3.05, 3.63) is 40.2 Å². The molecule has 1 heterocycles. The molecule has 2 rings (SSSR count). The highest BCUT2D eigenvalue weighted by Crippen LogP contribution is 2.29. The molecule has 0 aliphatic carbocycles. The molecule has 1 aromatic carbocycles. The molecule has 0 amide bonds. The summed E-state index contributed by atoms with van der Waals surface area (Å²) in [5.74, 6) is 0.811. The molecule has 0 spiro atoms. The molecule has 4 nitrogen and oxygen atoms in total.